The Hall–Kier alpha value is -2.74. The van der Waals surface area contributed by atoms with Gasteiger partial charge in [-0.05, 0) is 109 Å². The Morgan fingerprint density at radius 1 is 1.27 bits per heavy atom. The van der Waals surface area contributed by atoms with Crippen molar-refractivity contribution >= 4 is 30.3 Å². The zero-order chi connectivity index (χ0) is 29.0. The van der Waals surface area contributed by atoms with E-state index in [2.05, 4.69) is 16.9 Å². The second-order valence-electron chi connectivity index (χ2n) is 10.3. The summed E-state index contributed by atoms with van der Waals surface area (Å²) in [4.78, 5) is 5.26. The molecule has 0 aliphatic heterocycles. The van der Waals surface area contributed by atoms with Crippen LogP contribution in [0.25, 0.3) is 6.08 Å². The number of aromatic nitrogens is 1. The topological polar surface area (TPSA) is 45.1 Å². The summed E-state index contributed by atoms with van der Waals surface area (Å²) >= 11 is 10.7. The lowest BCUT2D eigenvalue weighted by atomic mass is 9.96. The summed E-state index contributed by atoms with van der Waals surface area (Å²) in [6.45, 7) is 5.47. The number of aliphatic hydroxyl groups is 1. The van der Waals surface area contributed by atoms with Gasteiger partial charge in [-0.2, -0.15) is 8.78 Å². The molecule has 2 unspecified atom stereocenters. The van der Waals surface area contributed by atoms with Crippen molar-refractivity contribution in [2.45, 2.75) is 57.2 Å². The fourth-order valence-corrected chi connectivity index (χ4v) is 5.54. The number of halogens is 4. The number of likely N-dealkylation sites (N-methyl/N-ethyl adjacent to an activating group) is 1. The van der Waals surface area contributed by atoms with E-state index in [9.17, 15) is 5.11 Å². The number of allylic oxidation sites excluding steroid dienone is 5. The van der Waals surface area contributed by atoms with Crippen LogP contribution in [0.15, 0.2) is 82.5 Å². The summed E-state index contributed by atoms with van der Waals surface area (Å²) in [5.74, 6) is -3.37. The van der Waals surface area contributed by atoms with E-state index in [0.717, 1.165) is 28.9 Å². The summed E-state index contributed by atoms with van der Waals surface area (Å²) in [5.41, 5.74) is 2.45. The van der Waals surface area contributed by atoms with Crippen LogP contribution >= 0.6 is 24.2 Å². The fourth-order valence-electron chi connectivity index (χ4n) is 4.96. The fraction of sp³-hybridized carbons (Fsp3) is 0.344. The smallest absolute Gasteiger partial charge is 0.324 e. The van der Waals surface area contributed by atoms with Crippen molar-refractivity contribution in [3.63, 3.8) is 0 Å². The maximum Gasteiger partial charge on any atom is 0.324 e. The molecule has 0 bridgehead atoms. The van der Waals surface area contributed by atoms with Crippen LogP contribution in [0, 0.1) is 5.92 Å². The van der Waals surface area contributed by atoms with E-state index in [1.54, 1.807) is 68.6 Å². The van der Waals surface area contributed by atoms with Crippen LogP contribution in [0.1, 0.15) is 66.0 Å². The van der Waals surface area contributed by atoms with Crippen LogP contribution < -0.4 is 5.32 Å². The average molecular weight is 587 g/mol. The number of aryl methyl sites for hydroxylation is 1. The molecule has 1 saturated carbocycles. The van der Waals surface area contributed by atoms with Gasteiger partial charge in [-0.1, -0.05) is 54.6 Å². The third-order valence-corrected chi connectivity index (χ3v) is 8.07. The van der Waals surface area contributed by atoms with E-state index in [1.807, 2.05) is 0 Å². The number of nitrogens with one attached hydrogen (secondary N) is 1. The minimum atomic E-state index is -3.77. The van der Waals surface area contributed by atoms with Crippen molar-refractivity contribution in [1.29, 1.82) is 0 Å². The normalized spacial score (nSPS) is 20.4. The number of rotatable bonds is 10. The molecule has 0 saturated heterocycles. The van der Waals surface area contributed by atoms with E-state index in [-0.39, 0.29) is 23.8 Å². The number of fused-ring (bicyclic) bond motifs is 2. The molecule has 0 radical (unpaired) electrons. The third-order valence-electron chi connectivity index (χ3n) is 7.29. The highest BCUT2D eigenvalue weighted by Gasteiger charge is 2.48. The van der Waals surface area contributed by atoms with Gasteiger partial charge in [0.05, 0.1) is 6.04 Å². The molecule has 2 aliphatic carbocycles. The summed E-state index contributed by atoms with van der Waals surface area (Å²) < 4.78 is 46.2. The molecule has 4 rings (SSSR count). The van der Waals surface area contributed by atoms with Gasteiger partial charge in [0.1, 0.15) is 11.5 Å². The van der Waals surface area contributed by atoms with Crippen molar-refractivity contribution in [2.75, 3.05) is 7.05 Å². The number of alkyl halides is 3. The molecule has 2 aliphatic rings. The molecule has 212 valence electrons. The Balaban J connectivity index is 1.61. The van der Waals surface area contributed by atoms with E-state index in [4.69, 9.17) is 24.2 Å². The summed E-state index contributed by atoms with van der Waals surface area (Å²) in [6, 6.07) is 7.78. The Labute approximate surface area is 244 Å². The standard InChI is InChI=1S/C32H34ClF3N2OS/c1-4-20-8-14-26-23(16-20)17-22-11-12-24(38-31(22)32(35,36)30(26)34)13-15-27(29(40)21-9-10-21)28(37-3)18-25(39)7-5-6-19(2)33/h4-8,11-12,14,16,18,21,28,30,37,39-40H,1,9-10,13,15,17H2,2-3H3/b7-5-,19-6+,25-18-,29-27-. The van der Waals surface area contributed by atoms with Gasteiger partial charge >= 0.3 is 5.92 Å². The largest absolute Gasteiger partial charge is 0.508 e. The van der Waals surface area contributed by atoms with Gasteiger partial charge < -0.3 is 10.4 Å². The van der Waals surface area contributed by atoms with E-state index in [1.165, 1.54) is 6.07 Å². The van der Waals surface area contributed by atoms with Crippen LogP contribution in [0.5, 0.6) is 0 Å². The first kappa shape index (κ1) is 30.2. The van der Waals surface area contributed by atoms with Crippen molar-refractivity contribution < 1.29 is 18.3 Å². The molecule has 3 nitrogen and oxygen atoms in total. The quantitative estimate of drug-likeness (QED) is 0.148. The summed E-state index contributed by atoms with van der Waals surface area (Å²) in [7, 11) is 1.78. The van der Waals surface area contributed by atoms with Crippen molar-refractivity contribution in [3.8, 4) is 0 Å². The molecule has 0 spiro atoms. The average Bonchev–Trinajstić information content (AvgIpc) is 3.78. The van der Waals surface area contributed by atoms with Gasteiger partial charge in [0.15, 0.2) is 6.17 Å². The van der Waals surface area contributed by atoms with Crippen molar-refractivity contribution in [3.05, 3.63) is 116 Å². The Kier molecular flexibility index (Phi) is 9.70. The number of hydrogen-bond acceptors (Lipinski definition) is 4. The van der Waals surface area contributed by atoms with E-state index < -0.39 is 17.8 Å². The first-order valence-corrected chi connectivity index (χ1v) is 14.1. The predicted molar refractivity (Wildman–Crippen MR) is 161 cm³/mol. The van der Waals surface area contributed by atoms with Gasteiger partial charge in [-0.15, -0.1) is 12.6 Å². The molecule has 1 aromatic heterocycles. The number of hydrogen-bond donors (Lipinski definition) is 3. The lowest BCUT2D eigenvalue weighted by Crippen LogP contribution is -2.27. The van der Waals surface area contributed by atoms with Crippen LogP contribution in [-0.2, 0) is 18.8 Å². The maximum absolute atomic E-state index is 15.5. The van der Waals surface area contributed by atoms with Crippen LogP contribution in [-0.4, -0.2) is 23.2 Å². The van der Waals surface area contributed by atoms with Gasteiger partial charge in [0, 0.05) is 10.7 Å². The maximum atomic E-state index is 15.5. The van der Waals surface area contributed by atoms with Crippen molar-refractivity contribution in [1.82, 2.24) is 10.3 Å². The Morgan fingerprint density at radius 2 is 2.02 bits per heavy atom. The molecule has 0 amide bonds. The first-order valence-electron chi connectivity index (χ1n) is 13.3. The number of nitrogens with zero attached hydrogens (tertiary/aromatic N) is 1. The minimum Gasteiger partial charge on any atom is -0.508 e. The van der Waals surface area contributed by atoms with Crippen LogP contribution in [0.4, 0.5) is 13.2 Å². The Morgan fingerprint density at radius 3 is 2.67 bits per heavy atom. The second kappa shape index (κ2) is 12.8. The highest BCUT2D eigenvalue weighted by Crippen LogP contribution is 2.48. The van der Waals surface area contributed by atoms with E-state index in [0.29, 0.717) is 40.6 Å². The van der Waals surface area contributed by atoms with Crippen LogP contribution in [0.3, 0.4) is 0 Å². The number of thiol groups is 1. The first-order chi connectivity index (χ1) is 19.0. The van der Waals surface area contributed by atoms with Gasteiger partial charge in [0.2, 0.25) is 0 Å². The molecule has 1 heterocycles. The van der Waals surface area contributed by atoms with Gasteiger partial charge in [-0.25, -0.2) is 4.39 Å². The van der Waals surface area contributed by atoms with Gasteiger partial charge in [-0.3, -0.25) is 4.98 Å². The molecule has 40 heavy (non-hydrogen) atoms. The molecule has 1 aromatic carbocycles. The van der Waals surface area contributed by atoms with Crippen molar-refractivity contribution in [2.24, 2.45) is 5.92 Å². The highest BCUT2D eigenvalue weighted by molar-refractivity contribution is 7.84. The lowest BCUT2D eigenvalue weighted by Gasteiger charge is -2.22. The zero-order valence-electron chi connectivity index (χ0n) is 22.6. The lowest BCUT2D eigenvalue weighted by molar-refractivity contribution is -0.0843. The second-order valence-corrected chi connectivity index (χ2v) is 11.4. The van der Waals surface area contributed by atoms with E-state index >= 15 is 13.2 Å². The SMILES string of the molecule is C=Cc1ccc2c(c1)Cc1ccc(CC/C(=C(/S)C3CC3)C(/C=C(O)/C=C\C=C(/C)Cl)NC)nc1C(F)(F)C2F. The van der Waals surface area contributed by atoms with Crippen LogP contribution in [0.2, 0.25) is 0 Å². The molecular weight excluding hydrogens is 553 g/mol. The number of benzene rings is 1. The molecular formula is C32H34ClF3N2OS. The summed E-state index contributed by atoms with van der Waals surface area (Å²) in [6.07, 6.45) is 8.74. The minimum absolute atomic E-state index is 0.0151. The Bertz CT molecular complexity index is 1390. The highest BCUT2D eigenvalue weighted by atomic mass is 35.5. The molecule has 1 fully saturated rings. The third kappa shape index (κ3) is 6.93. The zero-order valence-corrected chi connectivity index (χ0v) is 24.3. The van der Waals surface area contributed by atoms with Gasteiger partial charge in [0.25, 0.3) is 0 Å². The number of aliphatic hydroxyl groups excluding tert-OH is 1. The summed E-state index contributed by atoms with van der Waals surface area (Å²) in [5, 5.41) is 14.3. The predicted octanol–water partition coefficient (Wildman–Crippen LogP) is 8.69. The molecule has 2 aromatic rings. The monoisotopic (exact) mass is 586 g/mol. The molecule has 8 heteroatoms. The molecule has 2 atom stereocenters. The molecule has 2 N–H and O–H groups in total. The number of pyridine rings is 1.